The van der Waals surface area contributed by atoms with E-state index in [1.165, 1.54) is 193 Å². The summed E-state index contributed by atoms with van der Waals surface area (Å²) in [6, 6.07) is 0. The van der Waals surface area contributed by atoms with Crippen LogP contribution in [0.4, 0.5) is 0 Å². The van der Waals surface area contributed by atoms with Crippen molar-refractivity contribution in [1.29, 1.82) is 0 Å². The van der Waals surface area contributed by atoms with Crippen LogP contribution in [0.5, 0.6) is 0 Å². The van der Waals surface area contributed by atoms with Gasteiger partial charge in [0.05, 0.1) is 0 Å². The fourth-order valence-electron chi connectivity index (χ4n) is 6.72. The van der Waals surface area contributed by atoms with Crippen molar-refractivity contribution in [3.8, 4) is 0 Å². The van der Waals surface area contributed by atoms with E-state index in [0.717, 1.165) is 4.78 Å². The van der Waals surface area contributed by atoms with Crippen molar-refractivity contribution in [2.45, 2.75) is 249 Å². The lowest BCUT2D eigenvalue weighted by Crippen LogP contribution is -2.16. The summed E-state index contributed by atoms with van der Waals surface area (Å²) in [5.41, 5.74) is 0. The van der Waals surface area contributed by atoms with Crippen LogP contribution in [-0.4, -0.2) is 14.1 Å². The molecule has 0 aliphatic rings. The molecule has 0 aliphatic carbocycles. The Bertz CT molecular complexity index is 395. The van der Waals surface area contributed by atoms with E-state index in [4.69, 9.17) is 0 Å². The Kier molecular flexibility index (Phi) is 36.2. The summed E-state index contributed by atoms with van der Waals surface area (Å²) in [5, 5.41) is 3.27. The SMILES string of the molecule is CCCCCCCCCCCCCCCCC[CH2][Al]([CH2]CCCCCCCCCCCCCCCCC)[CH](C)C. The van der Waals surface area contributed by atoms with Gasteiger partial charge in [-0.05, 0) is 0 Å². The van der Waals surface area contributed by atoms with E-state index >= 15 is 0 Å². The molecule has 0 rings (SSSR count). The highest BCUT2D eigenvalue weighted by Gasteiger charge is 2.19. The second-order valence-electron chi connectivity index (χ2n) is 14.2. The van der Waals surface area contributed by atoms with Crippen molar-refractivity contribution in [2.75, 3.05) is 0 Å². The van der Waals surface area contributed by atoms with Gasteiger partial charge in [-0.3, -0.25) is 0 Å². The number of rotatable bonds is 35. The maximum Gasteiger partial charge on any atom is 0.264 e. The molecule has 0 atom stereocenters. The first-order chi connectivity index (χ1) is 19.7. The summed E-state index contributed by atoms with van der Waals surface area (Å²) in [7, 11) is 0. The average Bonchev–Trinajstić information content (AvgIpc) is 2.95. The van der Waals surface area contributed by atoms with Crippen molar-refractivity contribution in [2.24, 2.45) is 0 Å². The highest BCUT2D eigenvalue weighted by atomic mass is 27.2. The molecule has 0 unspecified atom stereocenters. The molecule has 40 heavy (non-hydrogen) atoms. The maximum atomic E-state index is 2.54. The first kappa shape index (κ1) is 40.5. The summed E-state index contributed by atoms with van der Waals surface area (Å²) in [5.74, 6) is 0. The van der Waals surface area contributed by atoms with Crippen LogP contribution >= 0.6 is 0 Å². The maximum absolute atomic E-state index is 2.54. The van der Waals surface area contributed by atoms with Gasteiger partial charge in [0.15, 0.2) is 0 Å². The molecule has 0 aromatic rings. The molecule has 0 aliphatic heterocycles. The van der Waals surface area contributed by atoms with Crippen LogP contribution in [0, 0.1) is 0 Å². The first-order valence-electron chi connectivity index (χ1n) is 19.7. The molecule has 0 bridgehead atoms. The average molecular weight is 577 g/mol. The molecule has 0 N–H and O–H groups in total. The summed E-state index contributed by atoms with van der Waals surface area (Å²) in [6.45, 7) is 9.70. The van der Waals surface area contributed by atoms with E-state index in [2.05, 4.69) is 27.7 Å². The quantitative estimate of drug-likeness (QED) is 0.0520. The number of hydrogen-bond donors (Lipinski definition) is 0. The lowest BCUT2D eigenvalue weighted by Gasteiger charge is -2.15. The largest absolute Gasteiger partial charge is 0.264 e. The Hall–Kier alpha value is 0.532. The standard InChI is InChI=1S/2C18H37.C3H7.Al/c2*1-3-5-7-9-11-13-15-17-18-16-14-12-10-8-6-4-2;1-3-2;/h2*1,3-18H2,2H3;3H,1-2H3;. The summed E-state index contributed by atoms with van der Waals surface area (Å²) < 4.78 is 1.02. The normalized spacial score (nSPS) is 11.6. The van der Waals surface area contributed by atoms with Gasteiger partial charge in [-0.25, -0.2) is 0 Å². The molecule has 240 valence electrons. The molecule has 0 heterocycles. The van der Waals surface area contributed by atoms with Crippen molar-refractivity contribution >= 4 is 14.1 Å². The summed E-state index contributed by atoms with van der Waals surface area (Å²) in [6.07, 6.45) is 47.6. The van der Waals surface area contributed by atoms with Gasteiger partial charge in [0, 0.05) is 0 Å². The molecule has 0 nitrogen and oxygen atoms in total. The third-order valence-corrected chi connectivity index (χ3v) is 14.0. The molecule has 1 heteroatoms. The Labute approximate surface area is 261 Å². The molecule has 0 amide bonds. The van der Waals surface area contributed by atoms with Gasteiger partial charge in [0.2, 0.25) is 0 Å². The first-order valence-corrected chi connectivity index (χ1v) is 22.0. The highest BCUT2D eigenvalue weighted by molar-refractivity contribution is 6.60. The molecule has 0 saturated heterocycles. The van der Waals surface area contributed by atoms with Crippen molar-refractivity contribution in [3.05, 3.63) is 0 Å². The second-order valence-corrected chi connectivity index (χ2v) is 18.2. The third kappa shape index (κ3) is 33.0. The van der Waals surface area contributed by atoms with Gasteiger partial charge in [-0.2, -0.15) is 0 Å². The minimum atomic E-state index is -0.493. The van der Waals surface area contributed by atoms with E-state index in [1.54, 1.807) is 23.4 Å². The van der Waals surface area contributed by atoms with Gasteiger partial charge in [0.25, 0.3) is 14.1 Å². The van der Waals surface area contributed by atoms with E-state index < -0.39 is 14.1 Å². The fourth-order valence-corrected chi connectivity index (χ4v) is 9.97. The lowest BCUT2D eigenvalue weighted by molar-refractivity contribution is 0.530. The fraction of sp³-hybridized carbons (Fsp3) is 1.00. The van der Waals surface area contributed by atoms with Crippen LogP contribution < -0.4 is 0 Å². The Morgan fingerprint density at radius 2 is 0.450 bits per heavy atom. The monoisotopic (exact) mass is 577 g/mol. The Morgan fingerprint density at radius 3 is 0.625 bits per heavy atom. The topological polar surface area (TPSA) is 0 Å². The van der Waals surface area contributed by atoms with Crippen LogP contribution in [0.25, 0.3) is 0 Å². The summed E-state index contributed by atoms with van der Waals surface area (Å²) >= 11 is -0.493. The highest BCUT2D eigenvalue weighted by Crippen LogP contribution is 2.23. The Balaban J connectivity index is 3.37. The molecule has 0 aromatic heterocycles. The predicted molar refractivity (Wildman–Crippen MR) is 190 cm³/mol. The minimum Gasteiger partial charge on any atom is -0.0937 e. The van der Waals surface area contributed by atoms with Crippen molar-refractivity contribution in [3.63, 3.8) is 0 Å². The molecule has 0 spiro atoms. The zero-order chi connectivity index (χ0) is 29.2. The molecular weight excluding hydrogens is 495 g/mol. The summed E-state index contributed by atoms with van der Waals surface area (Å²) in [4.78, 5) is 0. The zero-order valence-corrected chi connectivity index (χ0v) is 30.4. The van der Waals surface area contributed by atoms with E-state index in [9.17, 15) is 0 Å². The van der Waals surface area contributed by atoms with E-state index in [-0.39, 0.29) is 0 Å². The third-order valence-electron chi connectivity index (χ3n) is 9.80. The van der Waals surface area contributed by atoms with Gasteiger partial charge in [0.1, 0.15) is 0 Å². The van der Waals surface area contributed by atoms with Crippen LogP contribution in [0.1, 0.15) is 233 Å². The number of hydrogen-bond acceptors (Lipinski definition) is 0. The van der Waals surface area contributed by atoms with Crippen molar-refractivity contribution in [1.82, 2.24) is 0 Å². The minimum absolute atomic E-state index is 0.493. The zero-order valence-electron chi connectivity index (χ0n) is 29.2. The van der Waals surface area contributed by atoms with E-state index in [0.29, 0.717) is 0 Å². The smallest absolute Gasteiger partial charge is 0.0937 e. The molecule has 0 radical (unpaired) electrons. The van der Waals surface area contributed by atoms with E-state index in [1.807, 2.05) is 0 Å². The molecule has 0 saturated carbocycles. The number of unbranched alkanes of at least 4 members (excludes halogenated alkanes) is 30. The molecule has 0 fully saturated rings. The molecule has 0 aromatic carbocycles. The second kappa shape index (κ2) is 35.7. The lowest BCUT2D eigenvalue weighted by atomic mass is 10.0. The van der Waals surface area contributed by atoms with Gasteiger partial charge in [-0.15, -0.1) is 0 Å². The Morgan fingerprint density at radius 1 is 0.275 bits per heavy atom. The van der Waals surface area contributed by atoms with Crippen LogP contribution in [0.3, 0.4) is 0 Å². The van der Waals surface area contributed by atoms with Gasteiger partial charge < -0.3 is 0 Å². The van der Waals surface area contributed by atoms with Crippen LogP contribution in [0.15, 0.2) is 0 Å². The van der Waals surface area contributed by atoms with Gasteiger partial charge >= 0.3 is 0 Å². The van der Waals surface area contributed by atoms with Gasteiger partial charge in [-0.1, -0.05) is 249 Å². The molecular formula is C39H81Al. The van der Waals surface area contributed by atoms with Crippen LogP contribution in [0.2, 0.25) is 15.3 Å². The van der Waals surface area contributed by atoms with Crippen molar-refractivity contribution < 1.29 is 0 Å². The predicted octanol–water partition coefficient (Wildman–Crippen LogP) is 15.4. The van der Waals surface area contributed by atoms with Crippen LogP contribution in [-0.2, 0) is 0 Å².